The van der Waals surface area contributed by atoms with E-state index in [-0.39, 0.29) is 17.6 Å². The monoisotopic (exact) mass is 295 g/mol. The highest BCUT2D eigenvalue weighted by Crippen LogP contribution is 2.33. The Kier molecular flexibility index (Phi) is 3.39. The molecule has 6 nitrogen and oxygen atoms in total. The van der Waals surface area contributed by atoms with Gasteiger partial charge in [-0.25, -0.2) is 13.4 Å². The number of hydrogen-bond donors (Lipinski definition) is 1. The van der Waals surface area contributed by atoms with Crippen molar-refractivity contribution in [2.24, 2.45) is 0 Å². The third-order valence-corrected chi connectivity index (χ3v) is 5.18. The van der Waals surface area contributed by atoms with Crippen LogP contribution in [0.3, 0.4) is 0 Å². The van der Waals surface area contributed by atoms with Crippen molar-refractivity contribution < 1.29 is 12.8 Å². The zero-order valence-electron chi connectivity index (χ0n) is 11.2. The number of hydrogen-bond acceptors (Lipinski definition) is 4. The highest BCUT2D eigenvalue weighted by Gasteiger charge is 2.39. The Hall–Kier alpha value is -1.60. The topological polar surface area (TPSA) is 79.2 Å². The van der Waals surface area contributed by atoms with Crippen molar-refractivity contribution in [3.63, 3.8) is 0 Å². The first-order valence-corrected chi connectivity index (χ1v) is 8.13. The van der Waals surface area contributed by atoms with Gasteiger partial charge < -0.3 is 9.40 Å². The molecule has 108 valence electrons. The van der Waals surface area contributed by atoms with Crippen molar-refractivity contribution in [1.29, 1.82) is 0 Å². The first-order chi connectivity index (χ1) is 9.61. The van der Waals surface area contributed by atoms with E-state index in [9.17, 15) is 8.42 Å². The largest absolute Gasteiger partial charge is 0.468 e. The molecule has 0 bridgehead atoms. The van der Waals surface area contributed by atoms with Crippen LogP contribution in [-0.2, 0) is 23.0 Å². The van der Waals surface area contributed by atoms with Crippen LogP contribution >= 0.6 is 0 Å². The van der Waals surface area contributed by atoms with E-state index in [0.717, 1.165) is 12.8 Å². The molecule has 2 aromatic heterocycles. The molecular weight excluding hydrogens is 278 g/mol. The van der Waals surface area contributed by atoms with Crippen molar-refractivity contribution in [3.8, 4) is 0 Å². The maximum Gasteiger partial charge on any atom is 0.260 e. The van der Waals surface area contributed by atoms with Gasteiger partial charge in [0.1, 0.15) is 11.6 Å². The fourth-order valence-electron chi connectivity index (χ4n) is 2.11. The van der Waals surface area contributed by atoms with E-state index < -0.39 is 10.0 Å². The van der Waals surface area contributed by atoms with Crippen LogP contribution in [0.25, 0.3) is 0 Å². The molecule has 1 fully saturated rings. The minimum absolute atomic E-state index is 0.0680. The molecule has 0 spiro atoms. The first kappa shape index (κ1) is 13.4. The molecule has 2 heterocycles. The third kappa shape index (κ3) is 2.51. The number of H-pyrrole nitrogens is 1. The number of imidazole rings is 1. The minimum atomic E-state index is -3.55. The molecule has 0 unspecified atom stereocenters. The molecule has 3 rings (SSSR count). The van der Waals surface area contributed by atoms with Gasteiger partial charge in [0.15, 0.2) is 5.03 Å². The van der Waals surface area contributed by atoms with Gasteiger partial charge in [0, 0.05) is 12.5 Å². The van der Waals surface area contributed by atoms with Crippen molar-refractivity contribution in [2.45, 2.75) is 43.8 Å². The molecule has 0 atom stereocenters. The Bertz CT molecular complexity index is 672. The van der Waals surface area contributed by atoms with Crippen LogP contribution < -0.4 is 0 Å². The highest BCUT2D eigenvalue weighted by atomic mass is 32.2. The first-order valence-electron chi connectivity index (χ1n) is 6.69. The average Bonchev–Trinajstić information content (AvgIpc) is 2.96. The van der Waals surface area contributed by atoms with Gasteiger partial charge >= 0.3 is 0 Å². The second-order valence-corrected chi connectivity index (χ2v) is 6.77. The lowest BCUT2D eigenvalue weighted by Gasteiger charge is -2.19. The fourth-order valence-corrected chi connectivity index (χ4v) is 3.70. The molecule has 2 aromatic rings. The van der Waals surface area contributed by atoms with Crippen molar-refractivity contribution >= 4 is 10.0 Å². The molecule has 1 aliphatic carbocycles. The predicted octanol–water partition coefficient (Wildman–Crippen LogP) is 1.92. The van der Waals surface area contributed by atoms with Gasteiger partial charge in [-0.2, -0.15) is 4.31 Å². The molecule has 1 saturated carbocycles. The number of aromatic nitrogens is 2. The number of nitrogens with one attached hydrogen (secondary N) is 1. The molecule has 20 heavy (non-hydrogen) atoms. The number of aryl methyl sites for hydroxylation is 1. The lowest BCUT2D eigenvalue weighted by atomic mass is 10.4. The fraction of sp³-hybridized carbons (Fsp3) is 0.462. The van der Waals surface area contributed by atoms with Gasteiger partial charge in [0.2, 0.25) is 0 Å². The van der Waals surface area contributed by atoms with Gasteiger partial charge in [0.25, 0.3) is 10.0 Å². The Morgan fingerprint density at radius 3 is 2.85 bits per heavy atom. The molecule has 7 heteroatoms. The SMILES string of the molecule is CCc1ncc(S(=O)(=O)N(Cc2ccco2)C2CC2)[nH]1. The van der Waals surface area contributed by atoms with Gasteiger partial charge in [-0.3, -0.25) is 0 Å². The van der Waals surface area contributed by atoms with Crippen LogP contribution in [0.15, 0.2) is 34.0 Å². The van der Waals surface area contributed by atoms with Crippen LogP contribution in [0.2, 0.25) is 0 Å². The maximum absolute atomic E-state index is 12.7. The van der Waals surface area contributed by atoms with Crippen molar-refractivity contribution in [2.75, 3.05) is 0 Å². The van der Waals surface area contributed by atoms with E-state index in [1.807, 2.05) is 6.92 Å². The van der Waals surface area contributed by atoms with E-state index in [2.05, 4.69) is 9.97 Å². The van der Waals surface area contributed by atoms with Crippen LogP contribution in [0.5, 0.6) is 0 Å². The number of aromatic amines is 1. The second kappa shape index (κ2) is 5.06. The summed E-state index contributed by atoms with van der Waals surface area (Å²) in [6.45, 7) is 2.19. The smallest absolute Gasteiger partial charge is 0.260 e. The van der Waals surface area contributed by atoms with Crippen molar-refractivity contribution in [3.05, 3.63) is 36.2 Å². The number of nitrogens with zero attached hydrogens (tertiary/aromatic N) is 2. The Balaban J connectivity index is 1.89. The molecule has 0 radical (unpaired) electrons. The maximum atomic E-state index is 12.7. The Morgan fingerprint density at radius 2 is 2.30 bits per heavy atom. The second-order valence-electron chi connectivity index (χ2n) is 4.91. The normalized spacial score (nSPS) is 15.9. The van der Waals surface area contributed by atoms with E-state index >= 15 is 0 Å². The summed E-state index contributed by atoms with van der Waals surface area (Å²) in [6.07, 6.45) is 5.42. The molecular formula is C13H17N3O3S. The van der Waals surface area contributed by atoms with E-state index in [1.54, 1.807) is 18.4 Å². The number of rotatable bonds is 6. The van der Waals surface area contributed by atoms with Crippen LogP contribution in [0, 0.1) is 0 Å². The van der Waals surface area contributed by atoms with Crippen molar-refractivity contribution in [1.82, 2.24) is 14.3 Å². The lowest BCUT2D eigenvalue weighted by molar-refractivity contribution is 0.355. The van der Waals surface area contributed by atoms with Crippen LogP contribution in [0.1, 0.15) is 31.4 Å². The van der Waals surface area contributed by atoms with Gasteiger partial charge in [-0.05, 0) is 25.0 Å². The summed E-state index contributed by atoms with van der Waals surface area (Å²) in [4.78, 5) is 6.95. The summed E-state index contributed by atoms with van der Waals surface area (Å²) < 4.78 is 32.1. The van der Waals surface area contributed by atoms with Gasteiger partial charge in [-0.15, -0.1) is 0 Å². The molecule has 0 saturated heterocycles. The summed E-state index contributed by atoms with van der Waals surface area (Å²) >= 11 is 0. The minimum Gasteiger partial charge on any atom is -0.468 e. The third-order valence-electron chi connectivity index (χ3n) is 3.37. The molecule has 1 aliphatic rings. The Morgan fingerprint density at radius 1 is 1.50 bits per heavy atom. The summed E-state index contributed by atoms with van der Waals surface area (Å²) in [5, 5.41) is 0.160. The Labute approximate surface area is 117 Å². The standard InChI is InChI=1S/C13H17N3O3S/c1-2-12-14-8-13(15-12)20(17,18)16(10-5-6-10)9-11-4-3-7-19-11/h3-4,7-8,10H,2,5-6,9H2,1H3,(H,14,15). The van der Waals surface area contributed by atoms with E-state index in [0.29, 0.717) is 18.0 Å². The van der Waals surface area contributed by atoms with Crippen LogP contribution in [0.4, 0.5) is 0 Å². The summed E-state index contributed by atoms with van der Waals surface area (Å²) in [7, 11) is -3.55. The summed E-state index contributed by atoms with van der Waals surface area (Å²) in [6, 6.07) is 3.62. The summed E-state index contributed by atoms with van der Waals surface area (Å²) in [5.41, 5.74) is 0. The average molecular weight is 295 g/mol. The molecule has 0 aromatic carbocycles. The van der Waals surface area contributed by atoms with Crippen LogP contribution in [-0.4, -0.2) is 28.7 Å². The van der Waals surface area contributed by atoms with Gasteiger partial charge in [-0.1, -0.05) is 6.92 Å². The number of furan rings is 1. The summed E-state index contributed by atoms with van der Waals surface area (Å²) in [5.74, 6) is 1.33. The molecule has 0 amide bonds. The highest BCUT2D eigenvalue weighted by molar-refractivity contribution is 7.89. The van der Waals surface area contributed by atoms with E-state index in [4.69, 9.17) is 4.42 Å². The predicted molar refractivity (Wildman–Crippen MR) is 72.4 cm³/mol. The quantitative estimate of drug-likeness (QED) is 0.883. The number of sulfonamides is 1. The van der Waals surface area contributed by atoms with Gasteiger partial charge in [0.05, 0.1) is 19.0 Å². The zero-order chi connectivity index (χ0) is 14.2. The zero-order valence-corrected chi connectivity index (χ0v) is 12.1. The molecule has 1 N–H and O–H groups in total. The molecule has 0 aliphatic heterocycles. The lowest BCUT2D eigenvalue weighted by Crippen LogP contribution is -2.32. The van der Waals surface area contributed by atoms with E-state index in [1.165, 1.54) is 10.5 Å².